The van der Waals surface area contributed by atoms with Crippen LogP contribution in [0, 0.1) is 0 Å². The molecule has 0 aliphatic carbocycles. The minimum atomic E-state index is 0.779. The number of hydrogen-bond donors (Lipinski definition) is 0. The van der Waals surface area contributed by atoms with E-state index in [0.717, 1.165) is 45.3 Å². The second kappa shape index (κ2) is 8.32. The summed E-state index contributed by atoms with van der Waals surface area (Å²) in [6.45, 7) is 0. The number of para-hydroxylation sites is 2. The summed E-state index contributed by atoms with van der Waals surface area (Å²) in [5, 5.41) is 11.6. The average Bonchev–Trinajstić information content (AvgIpc) is 3.54. The molecule has 0 aliphatic rings. The molecular weight excluding hydrogens is 442 g/mol. The molecule has 5 heteroatoms. The maximum absolute atomic E-state index is 4.93. The fourth-order valence-corrected chi connectivity index (χ4v) is 4.89. The van der Waals surface area contributed by atoms with Crippen molar-refractivity contribution in [3.05, 3.63) is 128 Å². The van der Waals surface area contributed by atoms with Gasteiger partial charge in [-0.2, -0.15) is 0 Å². The van der Waals surface area contributed by atoms with E-state index in [2.05, 4.69) is 104 Å². The third-order valence-corrected chi connectivity index (χ3v) is 6.53. The molecule has 36 heavy (non-hydrogen) atoms. The van der Waals surface area contributed by atoms with Gasteiger partial charge in [-0.3, -0.25) is 9.13 Å². The van der Waals surface area contributed by atoms with Crippen molar-refractivity contribution in [2.24, 2.45) is 0 Å². The number of benzene rings is 4. The first-order valence-corrected chi connectivity index (χ1v) is 11.9. The Labute approximate surface area is 207 Å². The van der Waals surface area contributed by atoms with E-state index in [1.807, 2.05) is 42.6 Å². The first-order chi connectivity index (χ1) is 17.9. The number of fused-ring (bicyclic) bond motifs is 3. The number of rotatable bonds is 4. The highest BCUT2D eigenvalue weighted by Crippen LogP contribution is 2.32. The van der Waals surface area contributed by atoms with E-state index >= 15 is 0 Å². The summed E-state index contributed by atoms with van der Waals surface area (Å²) in [5.41, 5.74) is 5.18. The lowest BCUT2D eigenvalue weighted by Gasteiger charge is -2.12. The molecule has 7 rings (SSSR count). The van der Waals surface area contributed by atoms with Gasteiger partial charge in [0.05, 0.1) is 22.9 Å². The van der Waals surface area contributed by atoms with Gasteiger partial charge in [0.1, 0.15) is 5.82 Å². The van der Waals surface area contributed by atoms with Crippen LogP contribution < -0.4 is 0 Å². The van der Waals surface area contributed by atoms with Crippen molar-refractivity contribution in [1.82, 2.24) is 24.3 Å². The van der Waals surface area contributed by atoms with E-state index in [9.17, 15) is 0 Å². The maximum Gasteiger partial charge on any atom is 0.168 e. The van der Waals surface area contributed by atoms with Crippen LogP contribution in [0.1, 0.15) is 0 Å². The molecule has 0 amide bonds. The predicted octanol–water partition coefficient (Wildman–Crippen LogP) is 7.09. The van der Waals surface area contributed by atoms with E-state index in [-0.39, 0.29) is 0 Å². The third kappa shape index (κ3) is 3.21. The Morgan fingerprint density at radius 2 is 0.944 bits per heavy atom. The SMILES string of the molecule is c1ccc(-c2nnc(-c3ccccc3)n2-c2ccc(-n3c4ccccc4c4ccccc43)nc2)cc1. The second-order valence-electron chi connectivity index (χ2n) is 8.66. The lowest BCUT2D eigenvalue weighted by Crippen LogP contribution is -2.03. The monoisotopic (exact) mass is 463 g/mol. The smallest absolute Gasteiger partial charge is 0.168 e. The van der Waals surface area contributed by atoms with Crippen LogP contribution in [0.3, 0.4) is 0 Å². The molecule has 4 aromatic carbocycles. The molecular formula is C31H21N5. The Hall–Kier alpha value is -5.03. The van der Waals surface area contributed by atoms with Crippen LogP contribution in [0.5, 0.6) is 0 Å². The molecule has 5 nitrogen and oxygen atoms in total. The van der Waals surface area contributed by atoms with Crippen molar-refractivity contribution < 1.29 is 0 Å². The van der Waals surface area contributed by atoms with Gasteiger partial charge in [-0.15, -0.1) is 10.2 Å². The molecule has 0 radical (unpaired) electrons. The second-order valence-corrected chi connectivity index (χ2v) is 8.66. The lowest BCUT2D eigenvalue weighted by molar-refractivity contribution is 1.02. The summed E-state index contributed by atoms with van der Waals surface area (Å²) in [6.07, 6.45) is 1.90. The predicted molar refractivity (Wildman–Crippen MR) is 144 cm³/mol. The van der Waals surface area contributed by atoms with Crippen molar-refractivity contribution in [3.63, 3.8) is 0 Å². The van der Waals surface area contributed by atoms with Crippen LogP contribution in [-0.2, 0) is 0 Å². The van der Waals surface area contributed by atoms with Crippen LogP contribution in [-0.4, -0.2) is 24.3 Å². The fraction of sp³-hybridized carbons (Fsp3) is 0. The molecule has 7 aromatic rings. The summed E-state index contributed by atoms with van der Waals surface area (Å²) in [5.74, 6) is 2.42. The highest BCUT2D eigenvalue weighted by molar-refractivity contribution is 6.09. The lowest BCUT2D eigenvalue weighted by atomic mass is 10.2. The fourth-order valence-electron chi connectivity index (χ4n) is 4.89. The molecule has 0 spiro atoms. The van der Waals surface area contributed by atoms with Gasteiger partial charge < -0.3 is 0 Å². The van der Waals surface area contributed by atoms with Gasteiger partial charge in [0, 0.05) is 21.9 Å². The Morgan fingerprint density at radius 1 is 0.444 bits per heavy atom. The molecule has 3 heterocycles. The van der Waals surface area contributed by atoms with Gasteiger partial charge in [-0.05, 0) is 24.3 Å². The van der Waals surface area contributed by atoms with Crippen LogP contribution in [0.15, 0.2) is 128 Å². The highest BCUT2D eigenvalue weighted by atomic mass is 15.3. The standard InChI is InChI=1S/C31H21N5/c1-3-11-22(12-4-1)30-33-34-31(23-13-5-2-6-14-23)35(30)24-19-20-29(32-21-24)36-27-17-9-7-15-25(27)26-16-8-10-18-28(26)36/h1-21H. The topological polar surface area (TPSA) is 48.5 Å². The van der Waals surface area contributed by atoms with Gasteiger partial charge in [0.15, 0.2) is 11.6 Å². The van der Waals surface area contributed by atoms with Crippen LogP contribution in [0.4, 0.5) is 0 Å². The van der Waals surface area contributed by atoms with E-state index < -0.39 is 0 Å². The van der Waals surface area contributed by atoms with Gasteiger partial charge >= 0.3 is 0 Å². The molecule has 0 fully saturated rings. The van der Waals surface area contributed by atoms with Gasteiger partial charge in [0.2, 0.25) is 0 Å². The van der Waals surface area contributed by atoms with E-state index in [1.165, 1.54) is 10.8 Å². The molecule has 0 atom stereocenters. The number of pyridine rings is 1. The summed E-state index contributed by atoms with van der Waals surface area (Å²) < 4.78 is 4.30. The van der Waals surface area contributed by atoms with Crippen LogP contribution in [0.2, 0.25) is 0 Å². The third-order valence-electron chi connectivity index (χ3n) is 6.53. The Bertz CT molecular complexity index is 1700. The Balaban J connectivity index is 1.41. The van der Waals surface area contributed by atoms with E-state index in [4.69, 9.17) is 4.98 Å². The normalized spacial score (nSPS) is 11.3. The van der Waals surface area contributed by atoms with Crippen LogP contribution >= 0.6 is 0 Å². The Morgan fingerprint density at radius 3 is 1.44 bits per heavy atom. The largest absolute Gasteiger partial charge is 0.294 e. The minimum absolute atomic E-state index is 0.779. The molecule has 0 saturated heterocycles. The highest BCUT2D eigenvalue weighted by Gasteiger charge is 2.18. The van der Waals surface area contributed by atoms with E-state index in [1.54, 1.807) is 0 Å². The van der Waals surface area contributed by atoms with E-state index in [0.29, 0.717) is 0 Å². The number of nitrogens with zero attached hydrogens (tertiary/aromatic N) is 5. The first-order valence-electron chi connectivity index (χ1n) is 11.9. The summed E-state index contributed by atoms with van der Waals surface area (Å²) in [6, 6.07) is 41.3. The van der Waals surface area contributed by atoms with Crippen LogP contribution in [0.25, 0.3) is 56.1 Å². The van der Waals surface area contributed by atoms with Crippen molar-refractivity contribution in [1.29, 1.82) is 0 Å². The van der Waals surface area contributed by atoms with Gasteiger partial charge in [0.25, 0.3) is 0 Å². The Kier molecular flexibility index (Phi) is 4.71. The zero-order valence-electron chi connectivity index (χ0n) is 19.4. The number of hydrogen-bond acceptors (Lipinski definition) is 3. The van der Waals surface area contributed by atoms with Crippen molar-refractivity contribution in [2.75, 3.05) is 0 Å². The van der Waals surface area contributed by atoms with Crippen molar-refractivity contribution in [3.8, 4) is 34.3 Å². The van der Waals surface area contributed by atoms with Gasteiger partial charge in [-0.1, -0.05) is 97.1 Å². The number of aromatic nitrogens is 5. The molecule has 0 aliphatic heterocycles. The first kappa shape index (κ1) is 20.4. The minimum Gasteiger partial charge on any atom is -0.294 e. The molecule has 0 bridgehead atoms. The molecule has 170 valence electrons. The zero-order valence-corrected chi connectivity index (χ0v) is 19.4. The molecule has 0 saturated carbocycles. The summed E-state index contributed by atoms with van der Waals surface area (Å²) >= 11 is 0. The average molecular weight is 464 g/mol. The summed E-state index contributed by atoms with van der Waals surface area (Å²) in [4.78, 5) is 4.93. The van der Waals surface area contributed by atoms with Crippen molar-refractivity contribution in [2.45, 2.75) is 0 Å². The zero-order chi connectivity index (χ0) is 23.9. The summed E-state index contributed by atoms with van der Waals surface area (Å²) in [7, 11) is 0. The van der Waals surface area contributed by atoms with Crippen molar-refractivity contribution >= 4 is 21.8 Å². The molecule has 0 unspecified atom stereocenters. The van der Waals surface area contributed by atoms with Gasteiger partial charge in [-0.25, -0.2) is 4.98 Å². The molecule has 3 aromatic heterocycles. The quantitative estimate of drug-likeness (QED) is 0.280. The molecule has 0 N–H and O–H groups in total. The maximum atomic E-state index is 4.93.